The van der Waals surface area contributed by atoms with E-state index < -0.39 is 0 Å². The monoisotopic (exact) mass is 414 g/mol. The van der Waals surface area contributed by atoms with Gasteiger partial charge in [0, 0.05) is 23.2 Å². The lowest BCUT2D eigenvalue weighted by Crippen LogP contribution is -1.94. The molecule has 4 aromatic rings. The predicted octanol–water partition coefficient (Wildman–Crippen LogP) is 5.11. The molecule has 0 atom stereocenters. The second-order valence-corrected chi connectivity index (χ2v) is 7.09. The maximum atomic E-state index is 13.4. The van der Waals surface area contributed by atoms with Crippen LogP contribution in [0.25, 0.3) is 16.9 Å². The zero-order valence-electron chi connectivity index (χ0n) is 17.0. The zero-order chi connectivity index (χ0) is 21.8. The number of benzene rings is 2. The van der Waals surface area contributed by atoms with Crippen molar-refractivity contribution in [3.8, 4) is 23.0 Å². The van der Waals surface area contributed by atoms with Crippen LogP contribution in [0.4, 0.5) is 10.3 Å². The Morgan fingerprint density at radius 2 is 1.90 bits per heavy atom. The van der Waals surface area contributed by atoms with Crippen LogP contribution in [0.3, 0.4) is 0 Å². The van der Waals surface area contributed by atoms with Gasteiger partial charge in [-0.25, -0.2) is 19.5 Å². The molecule has 0 bridgehead atoms. The lowest BCUT2D eigenvalue weighted by Gasteiger charge is -2.00. The first-order valence-corrected chi connectivity index (χ1v) is 9.66. The summed E-state index contributed by atoms with van der Waals surface area (Å²) in [5, 5.41) is 18.1. The molecule has 0 unspecified atom stereocenters. The van der Waals surface area contributed by atoms with Crippen LogP contribution in [0.2, 0.25) is 0 Å². The van der Waals surface area contributed by atoms with Crippen molar-refractivity contribution < 1.29 is 8.81 Å². The first-order chi connectivity index (χ1) is 15.0. The third-order valence-corrected chi connectivity index (χ3v) is 4.49. The Hall–Kier alpha value is -4.25. The molecule has 4 rings (SSSR count). The number of nitriles is 1. The van der Waals surface area contributed by atoms with E-state index >= 15 is 0 Å². The largest absolute Gasteiger partial charge is 0.422 e. The van der Waals surface area contributed by atoms with Gasteiger partial charge < -0.3 is 4.42 Å². The Morgan fingerprint density at radius 3 is 2.58 bits per heavy atom. The van der Waals surface area contributed by atoms with Gasteiger partial charge in [-0.1, -0.05) is 32.0 Å². The fourth-order valence-electron chi connectivity index (χ4n) is 2.92. The van der Waals surface area contributed by atoms with E-state index in [0.717, 1.165) is 11.3 Å². The van der Waals surface area contributed by atoms with Gasteiger partial charge in [-0.2, -0.15) is 15.5 Å². The van der Waals surface area contributed by atoms with Crippen molar-refractivity contribution >= 4 is 12.1 Å². The fraction of sp³-hybridized carbons (Fsp3) is 0.130. The number of para-hydroxylation sites is 1. The topological polar surface area (TPSA) is 92.0 Å². The Bertz CT molecular complexity index is 1250. The molecule has 8 heteroatoms. The highest BCUT2D eigenvalue weighted by atomic mass is 19.1. The molecule has 0 aliphatic carbocycles. The van der Waals surface area contributed by atoms with Crippen molar-refractivity contribution in [2.24, 2.45) is 5.10 Å². The van der Waals surface area contributed by atoms with Gasteiger partial charge in [-0.3, -0.25) is 0 Å². The maximum Gasteiger partial charge on any atom is 0.252 e. The van der Waals surface area contributed by atoms with Gasteiger partial charge in [0.15, 0.2) is 0 Å². The number of nitrogens with one attached hydrogen (secondary N) is 1. The minimum atomic E-state index is -0.321. The molecule has 1 N–H and O–H groups in total. The second-order valence-electron chi connectivity index (χ2n) is 7.09. The molecule has 0 saturated heterocycles. The average Bonchev–Trinajstić information content (AvgIpc) is 3.40. The summed E-state index contributed by atoms with van der Waals surface area (Å²) in [7, 11) is 0. The molecule has 0 spiro atoms. The third kappa shape index (κ3) is 4.36. The van der Waals surface area contributed by atoms with Crippen LogP contribution in [0.15, 0.2) is 70.3 Å². The van der Waals surface area contributed by atoms with Gasteiger partial charge in [0.25, 0.3) is 5.88 Å². The molecule has 7 nitrogen and oxygen atoms in total. The molecule has 154 valence electrons. The van der Waals surface area contributed by atoms with E-state index in [1.54, 1.807) is 23.0 Å². The van der Waals surface area contributed by atoms with Crippen LogP contribution in [-0.2, 0) is 0 Å². The summed E-state index contributed by atoms with van der Waals surface area (Å²) in [6.07, 6.45) is 3.40. The number of nitrogens with zero attached hydrogens (tertiary/aromatic N) is 5. The summed E-state index contributed by atoms with van der Waals surface area (Å²) in [6.45, 7) is 3.85. The van der Waals surface area contributed by atoms with Crippen LogP contribution < -0.4 is 5.43 Å². The minimum Gasteiger partial charge on any atom is -0.422 e. The SMILES string of the molecule is CC(C)c1nc(C#N)c(N/N=C/c2cn(-c3ccccc3)nc2-c2ccc(F)cc2)o1. The van der Waals surface area contributed by atoms with Crippen LogP contribution in [0.5, 0.6) is 0 Å². The second kappa shape index (κ2) is 8.63. The summed E-state index contributed by atoms with van der Waals surface area (Å²) in [6, 6.07) is 17.7. The predicted molar refractivity (Wildman–Crippen MR) is 115 cm³/mol. The normalized spacial score (nSPS) is 11.2. The highest BCUT2D eigenvalue weighted by molar-refractivity contribution is 5.89. The van der Waals surface area contributed by atoms with Crippen LogP contribution in [-0.4, -0.2) is 21.0 Å². The molecule has 31 heavy (non-hydrogen) atoms. The van der Waals surface area contributed by atoms with E-state index in [9.17, 15) is 9.65 Å². The average molecular weight is 414 g/mol. The van der Waals surface area contributed by atoms with Gasteiger partial charge in [-0.15, -0.1) is 0 Å². The molecule has 2 heterocycles. The van der Waals surface area contributed by atoms with Gasteiger partial charge in [0.2, 0.25) is 11.6 Å². The molecule has 0 fully saturated rings. The summed E-state index contributed by atoms with van der Waals surface area (Å²) in [5.74, 6) is 0.360. The first kappa shape index (κ1) is 20.0. The molecular weight excluding hydrogens is 395 g/mol. The number of rotatable bonds is 6. The van der Waals surface area contributed by atoms with E-state index in [1.165, 1.54) is 12.1 Å². The van der Waals surface area contributed by atoms with Crippen LogP contribution in [0, 0.1) is 17.1 Å². The number of oxazole rings is 1. The quantitative estimate of drug-likeness (QED) is 0.350. The number of anilines is 1. The van der Waals surface area contributed by atoms with Crippen LogP contribution >= 0.6 is 0 Å². The summed E-state index contributed by atoms with van der Waals surface area (Å²) in [4.78, 5) is 4.15. The molecule has 2 aromatic heterocycles. The van der Waals surface area contributed by atoms with Crippen molar-refractivity contribution in [1.82, 2.24) is 14.8 Å². The van der Waals surface area contributed by atoms with E-state index in [-0.39, 0.29) is 23.3 Å². The van der Waals surface area contributed by atoms with Gasteiger partial charge in [0.05, 0.1) is 11.9 Å². The first-order valence-electron chi connectivity index (χ1n) is 9.66. The number of hydrazone groups is 1. The molecule has 0 aliphatic rings. The highest BCUT2D eigenvalue weighted by Gasteiger charge is 2.15. The van der Waals surface area contributed by atoms with Crippen LogP contribution in [0.1, 0.15) is 36.9 Å². The maximum absolute atomic E-state index is 13.4. The Kier molecular flexibility index (Phi) is 5.58. The van der Waals surface area contributed by atoms with Crippen molar-refractivity contribution in [3.05, 3.63) is 83.8 Å². The molecular formula is C23H19FN6O. The third-order valence-electron chi connectivity index (χ3n) is 4.49. The van der Waals surface area contributed by atoms with Crippen molar-refractivity contribution in [1.29, 1.82) is 5.26 Å². The lowest BCUT2D eigenvalue weighted by molar-refractivity contribution is 0.481. The molecule has 0 amide bonds. The van der Waals surface area contributed by atoms with E-state index in [1.807, 2.05) is 56.4 Å². The summed E-state index contributed by atoms with van der Waals surface area (Å²) in [5.41, 5.74) is 5.84. The zero-order valence-corrected chi connectivity index (χ0v) is 17.0. The number of halogens is 1. The van der Waals surface area contributed by atoms with Crippen molar-refractivity contribution in [2.75, 3.05) is 5.43 Å². The lowest BCUT2D eigenvalue weighted by atomic mass is 10.1. The highest BCUT2D eigenvalue weighted by Crippen LogP contribution is 2.24. The molecule has 0 saturated carbocycles. The Balaban J connectivity index is 1.68. The van der Waals surface area contributed by atoms with Crippen molar-refractivity contribution in [2.45, 2.75) is 19.8 Å². The Morgan fingerprint density at radius 1 is 1.16 bits per heavy atom. The molecule has 2 aromatic carbocycles. The van der Waals surface area contributed by atoms with E-state index in [0.29, 0.717) is 17.1 Å². The fourth-order valence-corrected chi connectivity index (χ4v) is 2.92. The van der Waals surface area contributed by atoms with Crippen molar-refractivity contribution in [3.63, 3.8) is 0 Å². The smallest absolute Gasteiger partial charge is 0.252 e. The van der Waals surface area contributed by atoms with E-state index in [2.05, 4.69) is 20.6 Å². The van der Waals surface area contributed by atoms with E-state index in [4.69, 9.17) is 4.42 Å². The van der Waals surface area contributed by atoms with Gasteiger partial charge in [0.1, 0.15) is 17.6 Å². The van der Waals surface area contributed by atoms with Gasteiger partial charge >= 0.3 is 0 Å². The summed E-state index contributed by atoms with van der Waals surface area (Å²) < 4.78 is 20.7. The minimum absolute atomic E-state index is 0.0424. The standard InChI is InChI=1S/C23H19FN6O/c1-15(2)22-27-20(12-25)23(31-22)28-26-13-17-14-30(19-6-4-3-5-7-19)29-21(17)16-8-10-18(24)11-9-16/h3-11,13-15,28H,1-2H3/b26-13+. The number of hydrogen-bond acceptors (Lipinski definition) is 6. The summed E-state index contributed by atoms with van der Waals surface area (Å²) >= 11 is 0. The molecule has 0 radical (unpaired) electrons. The Labute approximate surface area is 178 Å². The van der Waals surface area contributed by atoms with Gasteiger partial charge in [-0.05, 0) is 36.4 Å². The number of hydrogen-bond donors (Lipinski definition) is 1. The molecule has 0 aliphatic heterocycles. The number of aromatic nitrogens is 3.